The number of hydrogen-bond donors (Lipinski definition) is 2. The normalized spacial score (nSPS) is 17.4. The molecule has 2 aromatic heterocycles. The molecule has 3 N–H and O–H groups in total. The molecule has 7 nitrogen and oxygen atoms in total. The summed E-state index contributed by atoms with van der Waals surface area (Å²) in [6.07, 6.45) is 2.79. The van der Waals surface area contributed by atoms with Gasteiger partial charge in [0.05, 0.1) is 17.9 Å². The molecule has 1 aliphatic rings. The lowest BCUT2D eigenvalue weighted by atomic mass is 9.88. The average molecular weight is 413 g/mol. The van der Waals surface area contributed by atoms with Crippen LogP contribution in [0.15, 0.2) is 4.34 Å². The molecule has 2 heterocycles. The Morgan fingerprint density at radius 1 is 1.38 bits per heavy atom. The summed E-state index contributed by atoms with van der Waals surface area (Å²) in [4.78, 5) is 26.1. The van der Waals surface area contributed by atoms with E-state index in [4.69, 9.17) is 10.5 Å². The van der Waals surface area contributed by atoms with Crippen LogP contribution in [0.3, 0.4) is 0 Å². The van der Waals surface area contributed by atoms with E-state index in [1.807, 2.05) is 0 Å². The number of carbonyl (C=O) groups excluding carboxylic acids is 2. The van der Waals surface area contributed by atoms with E-state index >= 15 is 0 Å². The zero-order chi connectivity index (χ0) is 18.8. The summed E-state index contributed by atoms with van der Waals surface area (Å²) in [6, 6.07) is 0. The predicted molar refractivity (Wildman–Crippen MR) is 105 cm³/mol. The van der Waals surface area contributed by atoms with Gasteiger partial charge in [-0.15, -0.1) is 21.5 Å². The number of aromatic nitrogens is 2. The van der Waals surface area contributed by atoms with Crippen molar-refractivity contribution >= 4 is 56.4 Å². The Morgan fingerprint density at radius 3 is 2.81 bits per heavy atom. The third kappa shape index (κ3) is 4.02. The molecule has 0 saturated carbocycles. The zero-order valence-corrected chi connectivity index (χ0v) is 17.1. The molecule has 0 fully saturated rings. The van der Waals surface area contributed by atoms with Crippen molar-refractivity contribution in [2.24, 2.45) is 5.92 Å². The Balaban J connectivity index is 1.79. The van der Waals surface area contributed by atoms with Crippen LogP contribution in [0.4, 0.5) is 10.1 Å². The number of nitrogens with zero attached hydrogens (tertiary/aromatic N) is 2. The number of esters is 1. The van der Waals surface area contributed by atoms with Crippen molar-refractivity contribution in [2.45, 2.75) is 42.7 Å². The van der Waals surface area contributed by atoms with Crippen LogP contribution >= 0.6 is 34.4 Å². The number of nitrogens with one attached hydrogen (secondary N) is 1. The van der Waals surface area contributed by atoms with Crippen LogP contribution in [0.25, 0.3) is 0 Å². The van der Waals surface area contributed by atoms with Gasteiger partial charge in [-0.3, -0.25) is 4.79 Å². The minimum atomic E-state index is -0.399. The van der Waals surface area contributed by atoms with E-state index in [-0.39, 0.29) is 5.91 Å². The molecule has 0 spiro atoms. The van der Waals surface area contributed by atoms with Crippen molar-refractivity contribution in [3.63, 3.8) is 0 Å². The molecule has 140 valence electrons. The molecule has 0 radical (unpaired) electrons. The van der Waals surface area contributed by atoms with Crippen molar-refractivity contribution in [1.29, 1.82) is 0 Å². The average Bonchev–Trinajstić information content (AvgIpc) is 3.16. The van der Waals surface area contributed by atoms with Gasteiger partial charge in [-0.2, -0.15) is 0 Å². The first-order chi connectivity index (χ1) is 12.4. The maximum atomic E-state index is 12.6. The summed E-state index contributed by atoms with van der Waals surface area (Å²) >= 11 is 4.01. The molecule has 2 aromatic rings. The molecular weight excluding hydrogens is 392 g/mol. The fourth-order valence-corrected chi connectivity index (χ4v) is 6.03. The Hall–Kier alpha value is -1.65. The highest BCUT2D eigenvalue weighted by atomic mass is 32.2. The fraction of sp³-hybridized carbons (Fsp3) is 0.500. The molecule has 3 rings (SSSR count). The second-order valence-corrected chi connectivity index (χ2v) is 9.91. The van der Waals surface area contributed by atoms with E-state index in [1.165, 1.54) is 41.5 Å². The number of rotatable bonds is 5. The first-order valence-corrected chi connectivity index (χ1v) is 10.7. The molecule has 1 amide bonds. The minimum Gasteiger partial charge on any atom is -0.465 e. The summed E-state index contributed by atoms with van der Waals surface area (Å²) in [5.74, 6) is -0.0161. The highest BCUT2D eigenvalue weighted by Gasteiger charge is 2.29. The molecule has 0 aromatic carbocycles. The van der Waals surface area contributed by atoms with Gasteiger partial charge < -0.3 is 15.8 Å². The summed E-state index contributed by atoms with van der Waals surface area (Å²) in [5, 5.41) is 11.1. The van der Waals surface area contributed by atoms with Gasteiger partial charge in [-0.05, 0) is 37.7 Å². The number of methoxy groups -OCH3 is 1. The number of amides is 1. The van der Waals surface area contributed by atoms with Gasteiger partial charge in [0.25, 0.3) is 0 Å². The number of ether oxygens (including phenoxy) is 1. The standard InChI is InChI=1S/C16H20N4O3S3/c1-7-4-5-9-10(6-7)25-13(11(9)14(22)23-3)18-12(21)8(2)24-16-20-19-15(17)26-16/h7-8H,4-6H2,1-3H3,(H2,17,19)(H,18,21). The number of thiophene rings is 1. The number of carbonyl (C=O) groups is 2. The fourth-order valence-electron chi connectivity index (χ4n) is 2.84. The van der Waals surface area contributed by atoms with Crippen LogP contribution in [0.1, 0.15) is 41.1 Å². The summed E-state index contributed by atoms with van der Waals surface area (Å²) in [5.41, 5.74) is 7.10. The van der Waals surface area contributed by atoms with Gasteiger partial charge in [-0.1, -0.05) is 30.0 Å². The molecule has 0 aliphatic heterocycles. The van der Waals surface area contributed by atoms with Crippen LogP contribution in [-0.2, 0) is 22.4 Å². The SMILES string of the molecule is COC(=O)c1c(NC(=O)C(C)Sc2nnc(N)s2)sc2c1CCC(C)C2. The molecule has 0 bridgehead atoms. The molecule has 26 heavy (non-hydrogen) atoms. The first-order valence-electron chi connectivity index (χ1n) is 8.18. The second-order valence-electron chi connectivity index (χ2n) is 6.20. The van der Waals surface area contributed by atoms with Gasteiger partial charge >= 0.3 is 5.97 Å². The van der Waals surface area contributed by atoms with E-state index in [0.717, 1.165) is 29.7 Å². The molecule has 10 heteroatoms. The number of fused-ring (bicyclic) bond motifs is 1. The quantitative estimate of drug-likeness (QED) is 0.573. The maximum Gasteiger partial charge on any atom is 0.341 e. The highest BCUT2D eigenvalue weighted by Crippen LogP contribution is 2.40. The summed E-state index contributed by atoms with van der Waals surface area (Å²) < 4.78 is 5.59. The van der Waals surface area contributed by atoms with Gasteiger partial charge in [0.15, 0.2) is 4.34 Å². The molecule has 1 aliphatic carbocycles. The van der Waals surface area contributed by atoms with Gasteiger partial charge in [-0.25, -0.2) is 4.79 Å². The van der Waals surface area contributed by atoms with Gasteiger partial charge in [0.2, 0.25) is 11.0 Å². The van der Waals surface area contributed by atoms with E-state index in [2.05, 4.69) is 22.4 Å². The Labute approximate surface area is 163 Å². The third-order valence-electron chi connectivity index (χ3n) is 4.21. The number of nitrogens with two attached hydrogens (primary N) is 1. The minimum absolute atomic E-state index is 0.194. The molecule has 2 unspecified atom stereocenters. The Morgan fingerprint density at radius 2 is 2.15 bits per heavy atom. The van der Waals surface area contributed by atoms with Crippen molar-refractivity contribution in [1.82, 2.24) is 10.2 Å². The van der Waals surface area contributed by atoms with Crippen molar-refractivity contribution in [2.75, 3.05) is 18.2 Å². The third-order valence-corrected chi connectivity index (χ3v) is 7.31. The maximum absolute atomic E-state index is 12.6. The van der Waals surface area contributed by atoms with Crippen molar-refractivity contribution < 1.29 is 14.3 Å². The smallest absolute Gasteiger partial charge is 0.341 e. The van der Waals surface area contributed by atoms with Crippen LogP contribution in [0.5, 0.6) is 0 Å². The summed E-state index contributed by atoms with van der Waals surface area (Å²) in [6.45, 7) is 3.98. The largest absolute Gasteiger partial charge is 0.465 e. The van der Waals surface area contributed by atoms with Gasteiger partial charge in [0.1, 0.15) is 5.00 Å². The number of nitrogen functional groups attached to an aromatic ring is 1. The lowest BCUT2D eigenvalue weighted by Gasteiger charge is -2.18. The highest BCUT2D eigenvalue weighted by molar-refractivity contribution is 8.02. The Bertz CT molecular complexity index is 833. The van der Waals surface area contributed by atoms with Crippen LogP contribution < -0.4 is 11.1 Å². The van der Waals surface area contributed by atoms with Crippen LogP contribution in [0, 0.1) is 5.92 Å². The number of anilines is 2. The van der Waals surface area contributed by atoms with E-state index in [0.29, 0.717) is 26.0 Å². The first kappa shape index (κ1) is 19.1. The van der Waals surface area contributed by atoms with E-state index < -0.39 is 11.2 Å². The zero-order valence-electron chi connectivity index (χ0n) is 14.7. The predicted octanol–water partition coefficient (Wildman–Crippen LogP) is 3.21. The second kappa shape index (κ2) is 7.93. The number of hydrogen-bond acceptors (Lipinski definition) is 9. The molecular formula is C16H20N4O3S3. The Kier molecular flexibility index (Phi) is 5.83. The van der Waals surface area contributed by atoms with Crippen LogP contribution in [0.2, 0.25) is 0 Å². The molecule has 2 atom stereocenters. The summed E-state index contributed by atoms with van der Waals surface area (Å²) in [7, 11) is 1.36. The van der Waals surface area contributed by atoms with Crippen LogP contribution in [-0.4, -0.2) is 34.4 Å². The molecule has 0 saturated heterocycles. The van der Waals surface area contributed by atoms with E-state index in [9.17, 15) is 9.59 Å². The number of thioether (sulfide) groups is 1. The van der Waals surface area contributed by atoms with Crippen molar-refractivity contribution in [3.8, 4) is 0 Å². The van der Waals surface area contributed by atoms with Crippen molar-refractivity contribution in [3.05, 3.63) is 16.0 Å². The topological polar surface area (TPSA) is 107 Å². The van der Waals surface area contributed by atoms with E-state index in [1.54, 1.807) is 6.92 Å². The lowest BCUT2D eigenvalue weighted by Crippen LogP contribution is -2.23. The lowest BCUT2D eigenvalue weighted by molar-refractivity contribution is -0.115. The van der Waals surface area contributed by atoms with Gasteiger partial charge in [0, 0.05) is 4.88 Å². The monoisotopic (exact) mass is 412 g/mol.